The molecule has 2 unspecified atom stereocenters. The number of nitrogens with zero attached hydrogens (tertiary/aromatic N) is 2. The zero-order chi connectivity index (χ0) is 17.6. The summed E-state index contributed by atoms with van der Waals surface area (Å²) in [7, 11) is 0. The third-order valence-electron chi connectivity index (χ3n) is 5.39. The molecule has 1 amide bonds. The van der Waals surface area contributed by atoms with Gasteiger partial charge < -0.3 is 15.4 Å². The highest BCUT2D eigenvalue weighted by Crippen LogP contribution is 2.25. The van der Waals surface area contributed by atoms with E-state index in [1.54, 1.807) is 0 Å². The van der Waals surface area contributed by atoms with Crippen LogP contribution in [-0.2, 0) is 11.3 Å². The van der Waals surface area contributed by atoms with Crippen LogP contribution in [0.5, 0.6) is 5.75 Å². The minimum atomic E-state index is 0.154. The van der Waals surface area contributed by atoms with E-state index < -0.39 is 0 Å². The number of hydrogen-bond donors (Lipinski definition) is 1. The Hall–Kier alpha value is -1.59. The minimum absolute atomic E-state index is 0.154. The molecule has 138 valence electrons. The highest BCUT2D eigenvalue weighted by Gasteiger charge is 2.30. The Morgan fingerprint density at radius 1 is 1.16 bits per heavy atom. The summed E-state index contributed by atoms with van der Waals surface area (Å²) in [6.07, 6.45) is 4.04. The van der Waals surface area contributed by atoms with Gasteiger partial charge in [-0.3, -0.25) is 9.69 Å². The number of nitrogens with two attached hydrogens (primary N) is 1. The molecule has 1 aromatic carbocycles. The summed E-state index contributed by atoms with van der Waals surface area (Å²) in [6, 6.07) is 8.54. The van der Waals surface area contributed by atoms with Gasteiger partial charge in [-0.25, -0.2) is 0 Å². The van der Waals surface area contributed by atoms with Crippen LogP contribution in [0.15, 0.2) is 24.3 Å². The zero-order valence-electron chi connectivity index (χ0n) is 15.3. The summed E-state index contributed by atoms with van der Waals surface area (Å²) in [4.78, 5) is 17.2. The van der Waals surface area contributed by atoms with Crippen LogP contribution in [0, 0.1) is 5.92 Å². The molecule has 5 nitrogen and oxygen atoms in total. The SMILES string of the molecule is CCOc1ccc(CN2CCN(C(=O)C3CCCC(N)C3)CC2)cc1. The van der Waals surface area contributed by atoms with E-state index in [0.717, 1.165) is 64.2 Å². The van der Waals surface area contributed by atoms with Gasteiger partial charge in [0.1, 0.15) is 5.75 Å². The maximum absolute atomic E-state index is 12.7. The first-order valence-corrected chi connectivity index (χ1v) is 9.64. The first-order chi connectivity index (χ1) is 12.2. The molecule has 1 heterocycles. The second-order valence-corrected chi connectivity index (χ2v) is 7.30. The number of carbonyl (C=O) groups excluding carboxylic acids is 1. The lowest BCUT2D eigenvalue weighted by Crippen LogP contribution is -2.50. The van der Waals surface area contributed by atoms with Gasteiger partial charge in [-0.1, -0.05) is 18.6 Å². The van der Waals surface area contributed by atoms with Crippen molar-refractivity contribution < 1.29 is 9.53 Å². The maximum atomic E-state index is 12.7. The predicted molar refractivity (Wildman–Crippen MR) is 99.4 cm³/mol. The molecule has 1 aromatic rings. The monoisotopic (exact) mass is 345 g/mol. The van der Waals surface area contributed by atoms with Gasteiger partial charge in [-0.15, -0.1) is 0 Å². The van der Waals surface area contributed by atoms with Crippen molar-refractivity contribution in [1.82, 2.24) is 9.80 Å². The Kier molecular flexibility index (Phi) is 6.32. The van der Waals surface area contributed by atoms with Crippen molar-refractivity contribution in [3.05, 3.63) is 29.8 Å². The number of hydrogen-bond acceptors (Lipinski definition) is 4. The second-order valence-electron chi connectivity index (χ2n) is 7.30. The predicted octanol–water partition coefficient (Wildman–Crippen LogP) is 2.25. The maximum Gasteiger partial charge on any atom is 0.225 e. The first-order valence-electron chi connectivity index (χ1n) is 9.64. The first kappa shape index (κ1) is 18.2. The number of carbonyl (C=O) groups is 1. The zero-order valence-corrected chi connectivity index (χ0v) is 15.3. The smallest absolute Gasteiger partial charge is 0.225 e. The van der Waals surface area contributed by atoms with Gasteiger partial charge in [-0.2, -0.15) is 0 Å². The van der Waals surface area contributed by atoms with E-state index in [2.05, 4.69) is 21.9 Å². The topological polar surface area (TPSA) is 58.8 Å². The average Bonchev–Trinajstić information content (AvgIpc) is 2.64. The van der Waals surface area contributed by atoms with E-state index in [-0.39, 0.29) is 12.0 Å². The summed E-state index contributed by atoms with van der Waals surface area (Å²) in [5.41, 5.74) is 7.34. The fraction of sp³-hybridized carbons (Fsp3) is 0.650. The van der Waals surface area contributed by atoms with Gasteiger partial charge >= 0.3 is 0 Å². The van der Waals surface area contributed by atoms with Crippen LogP contribution in [-0.4, -0.2) is 54.5 Å². The van der Waals surface area contributed by atoms with Gasteiger partial charge in [0.05, 0.1) is 6.61 Å². The molecule has 3 rings (SSSR count). The van der Waals surface area contributed by atoms with E-state index >= 15 is 0 Å². The number of piperazine rings is 1. The van der Waals surface area contributed by atoms with Crippen LogP contribution < -0.4 is 10.5 Å². The third kappa shape index (κ3) is 4.95. The van der Waals surface area contributed by atoms with Crippen LogP contribution >= 0.6 is 0 Å². The molecular formula is C20H31N3O2. The van der Waals surface area contributed by atoms with Gasteiger partial charge in [0.25, 0.3) is 0 Å². The van der Waals surface area contributed by atoms with Crippen molar-refractivity contribution in [2.24, 2.45) is 11.7 Å². The third-order valence-corrected chi connectivity index (χ3v) is 5.39. The Morgan fingerprint density at radius 3 is 2.52 bits per heavy atom. The number of amides is 1. The molecule has 2 fully saturated rings. The lowest BCUT2D eigenvalue weighted by molar-refractivity contribution is -0.138. The van der Waals surface area contributed by atoms with E-state index in [9.17, 15) is 4.79 Å². The van der Waals surface area contributed by atoms with E-state index in [0.29, 0.717) is 12.5 Å². The number of ether oxygens (including phenoxy) is 1. The van der Waals surface area contributed by atoms with Crippen molar-refractivity contribution in [2.45, 2.75) is 45.2 Å². The van der Waals surface area contributed by atoms with Crippen molar-refractivity contribution in [3.8, 4) is 5.75 Å². The molecule has 0 radical (unpaired) electrons. The Bertz CT molecular complexity index is 553. The molecule has 5 heteroatoms. The van der Waals surface area contributed by atoms with Crippen molar-refractivity contribution >= 4 is 5.91 Å². The van der Waals surface area contributed by atoms with Crippen LogP contribution in [0.3, 0.4) is 0 Å². The van der Waals surface area contributed by atoms with Gasteiger partial charge in [0.15, 0.2) is 0 Å². The summed E-state index contributed by atoms with van der Waals surface area (Å²) >= 11 is 0. The molecule has 1 aliphatic carbocycles. The summed E-state index contributed by atoms with van der Waals surface area (Å²) in [5.74, 6) is 1.41. The normalized spacial score (nSPS) is 25.0. The van der Waals surface area contributed by atoms with Crippen LogP contribution in [0.4, 0.5) is 0 Å². The quantitative estimate of drug-likeness (QED) is 0.889. The summed E-state index contributed by atoms with van der Waals surface area (Å²) in [5, 5.41) is 0. The van der Waals surface area contributed by atoms with Gasteiger partial charge in [-0.05, 0) is 43.9 Å². The minimum Gasteiger partial charge on any atom is -0.494 e. The molecular weight excluding hydrogens is 314 g/mol. The average molecular weight is 345 g/mol. The molecule has 1 aliphatic heterocycles. The van der Waals surface area contributed by atoms with Crippen molar-refractivity contribution in [2.75, 3.05) is 32.8 Å². The molecule has 25 heavy (non-hydrogen) atoms. The van der Waals surface area contributed by atoms with Crippen molar-refractivity contribution in [1.29, 1.82) is 0 Å². The number of benzene rings is 1. The van der Waals surface area contributed by atoms with E-state index in [4.69, 9.17) is 10.5 Å². The van der Waals surface area contributed by atoms with Crippen LogP contribution in [0.2, 0.25) is 0 Å². The highest BCUT2D eigenvalue weighted by atomic mass is 16.5. The summed E-state index contributed by atoms with van der Waals surface area (Å²) in [6.45, 7) is 7.18. The Labute approximate surface area is 151 Å². The molecule has 0 bridgehead atoms. The standard InChI is InChI=1S/C20H31N3O2/c1-2-25-19-8-6-16(7-9-19)15-22-10-12-23(13-11-22)20(24)17-4-3-5-18(21)14-17/h6-9,17-18H,2-5,10-15,21H2,1H3. The van der Waals surface area contributed by atoms with Crippen LogP contribution in [0.1, 0.15) is 38.2 Å². The lowest BCUT2D eigenvalue weighted by Gasteiger charge is -2.37. The fourth-order valence-electron chi connectivity index (χ4n) is 3.95. The van der Waals surface area contributed by atoms with Gasteiger partial charge in [0.2, 0.25) is 5.91 Å². The molecule has 1 saturated heterocycles. The molecule has 1 saturated carbocycles. The second kappa shape index (κ2) is 8.68. The Morgan fingerprint density at radius 2 is 1.88 bits per heavy atom. The van der Waals surface area contributed by atoms with Crippen LogP contribution in [0.25, 0.3) is 0 Å². The Balaban J connectivity index is 1.45. The van der Waals surface area contributed by atoms with Gasteiger partial charge in [0, 0.05) is 44.7 Å². The molecule has 0 spiro atoms. The van der Waals surface area contributed by atoms with Crippen molar-refractivity contribution in [3.63, 3.8) is 0 Å². The van der Waals surface area contributed by atoms with E-state index in [1.165, 1.54) is 5.56 Å². The molecule has 2 aliphatic rings. The summed E-state index contributed by atoms with van der Waals surface area (Å²) < 4.78 is 5.49. The fourth-order valence-corrected chi connectivity index (χ4v) is 3.95. The largest absolute Gasteiger partial charge is 0.494 e. The highest BCUT2D eigenvalue weighted by molar-refractivity contribution is 5.79. The lowest BCUT2D eigenvalue weighted by atomic mass is 9.85. The molecule has 2 atom stereocenters. The molecule has 0 aromatic heterocycles. The number of rotatable bonds is 5. The van der Waals surface area contributed by atoms with E-state index in [1.807, 2.05) is 19.1 Å². The molecule has 2 N–H and O–H groups in total.